The van der Waals surface area contributed by atoms with Crippen LogP contribution in [-0.4, -0.2) is 15.9 Å². The lowest BCUT2D eigenvalue weighted by atomic mass is 10.1. The van der Waals surface area contributed by atoms with Crippen molar-refractivity contribution >= 4 is 33.9 Å². The molecule has 5 aromatic rings. The first kappa shape index (κ1) is 21.2. The summed E-state index contributed by atoms with van der Waals surface area (Å²) in [7, 11) is 0. The summed E-state index contributed by atoms with van der Waals surface area (Å²) in [6.07, 6.45) is 5.12. The van der Waals surface area contributed by atoms with Gasteiger partial charge in [-0.1, -0.05) is 18.2 Å². The molecule has 2 N–H and O–H groups in total. The van der Waals surface area contributed by atoms with Crippen molar-refractivity contribution in [3.05, 3.63) is 115 Å². The Balaban J connectivity index is 1.28. The molecule has 3 aromatic carbocycles. The second-order valence-electron chi connectivity index (χ2n) is 7.85. The van der Waals surface area contributed by atoms with Gasteiger partial charge >= 0.3 is 0 Å². The topological polar surface area (TPSA) is 76.1 Å². The number of nitrogens with zero attached hydrogens (tertiary/aromatic N) is 2. The lowest BCUT2D eigenvalue weighted by molar-refractivity contribution is 0.102. The summed E-state index contributed by atoms with van der Waals surface area (Å²) in [5.74, 6) is 1.19. The highest BCUT2D eigenvalue weighted by Gasteiger charge is 2.09. The van der Waals surface area contributed by atoms with Crippen LogP contribution in [0.25, 0.3) is 10.9 Å². The first-order chi connectivity index (χ1) is 16.6. The Hall–Kier alpha value is -4.71. The molecule has 2 aromatic heterocycles. The molecule has 0 saturated heterocycles. The van der Waals surface area contributed by atoms with Gasteiger partial charge in [0.2, 0.25) is 0 Å². The van der Waals surface area contributed by atoms with Gasteiger partial charge in [-0.3, -0.25) is 14.8 Å². The third kappa shape index (κ3) is 4.86. The summed E-state index contributed by atoms with van der Waals surface area (Å²) in [6, 6.07) is 26.3. The Bertz CT molecular complexity index is 1450. The molecular weight excluding hydrogens is 424 g/mol. The minimum atomic E-state index is -0.193. The number of nitrogens with one attached hydrogen (secondary N) is 2. The second kappa shape index (κ2) is 9.42. The fraction of sp³-hybridized carbons (Fsp3) is 0.0357. The van der Waals surface area contributed by atoms with Gasteiger partial charge in [0, 0.05) is 46.6 Å². The zero-order valence-electron chi connectivity index (χ0n) is 18.5. The van der Waals surface area contributed by atoms with Crippen LogP contribution in [0.4, 0.5) is 17.1 Å². The number of carbonyl (C=O) groups excluding carboxylic acids is 1. The van der Waals surface area contributed by atoms with Crippen molar-refractivity contribution in [1.82, 2.24) is 9.97 Å². The fourth-order valence-electron chi connectivity index (χ4n) is 3.61. The third-order valence-electron chi connectivity index (χ3n) is 5.30. The van der Waals surface area contributed by atoms with Crippen LogP contribution in [0.5, 0.6) is 11.5 Å². The van der Waals surface area contributed by atoms with Crippen LogP contribution in [-0.2, 0) is 0 Å². The van der Waals surface area contributed by atoms with Crippen molar-refractivity contribution in [2.75, 3.05) is 10.6 Å². The Morgan fingerprint density at radius 2 is 1.59 bits per heavy atom. The number of hydrogen-bond donors (Lipinski definition) is 2. The zero-order chi connectivity index (χ0) is 23.3. The molecule has 0 bridgehead atoms. The number of anilines is 3. The van der Waals surface area contributed by atoms with E-state index >= 15 is 0 Å². The van der Waals surface area contributed by atoms with Crippen LogP contribution in [0.3, 0.4) is 0 Å². The number of aromatic nitrogens is 2. The van der Waals surface area contributed by atoms with Gasteiger partial charge in [-0.2, -0.15) is 0 Å². The summed E-state index contributed by atoms with van der Waals surface area (Å²) >= 11 is 0. The summed E-state index contributed by atoms with van der Waals surface area (Å²) in [6.45, 7) is 2.05. The number of aryl methyl sites for hydroxylation is 1. The first-order valence-electron chi connectivity index (χ1n) is 10.9. The second-order valence-corrected chi connectivity index (χ2v) is 7.85. The van der Waals surface area contributed by atoms with E-state index in [-0.39, 0.29) is 5.91 Å². The maximum atomic E-state index is 12.9. The van der Waals surface area contributed by atoms with E-state index < -0.39 is 0 Å². The third-order valence-corrected chi connectivity index (χ3v) is 5.30. The highest BCUT2D eigenvalue weighted by Crippen LogP contribution is 2.27. The summed E-state index contributed by atoms with van der Waals surface area (Å²) in [5.41, 5.74) is 5.08. The van der Waals surface area contributed by atoms with Gasteiger partial charge in [0.05, 0.1) is 5.52 Å². The van der Waals surface area contributed by atoms with Crippen molar-refractivity contribution in [3.63, 3.8) is 0 Å². The van der Waals surface area contributed by atoms with E-state index in [0.29, 0.717) is 22.7 Å². The van der Waals surface area contributed by atoms with Gasteiger partial charge in [-0.05, 0) is 79.2 Å². The molecule has 0 fully saturated rings. The number of carbonyl (C=O) groups is 1. The minimum absolute atomic E-state index is 0.193. The number of ether oxygens (including phenoxy) is 1. The SMILES string of the molecule is Cc1ccc2c(Nc3cccc(C(=O)Nc4ccc(Oc5ccncc5)cc4)c3)ccnc2c1. The van der Waals surface area contributed by atoms with Crippen LogP contribution >= 0.6 is 0 Å². The molecule has 0 unspecified atom stereocenters. The van der Waals surface area contributed by atoms with Crippen molar-refractivity contribution in [2.45, 2.75) is 6.92 Å². The standard InChI is InChI=1S/C28H22N4O2/c1-19-5-10-25-26(13-16-30-27(25)17-19)31-22-4-2-3-20(18-22)28(33)32-21-6-8-23(9-7-21)34-24-11-14-29-15-12-24/h2-18H,1H3,(H,30,31)(H,32,33). The number of hydrogen-bond acceptors (Lipinski definition) is 5. The maximum absolute atomic E-state index is 12.9. The fourth-order valence-corrected chi connectivity index (χ4v) is 3.61. The van der Waals surface area contributed by atoms with Crippen LogP contribution in [0.1, 0.15) is 15.9 Å². The van der Waals surface area contributed by atoms with Crippen molar-refractivity contribution in [3.8, 4) is 11.5 Å². The van der Waals surface area contributed by atoms with Gasteiger partial charge in [-0.25, -0.2) is 0 Å². The van der Waals surface area contributed by atoms with Crippen LogP contribution in [0.2, 0.25) is 0 Å². The van der Waals surface area contributed by atoms with Crippen LogP contribution in [0, 0.1) is 6.92 Å². The molecule has 1 amide bonds. The van der Waals surface area contributed by atoms with E-state index in [2.05, 4.69) is 38.8 Å². The lowest BCUT2D eigenvalue weighted by Gasteiger charge is -2.12. The Labute approximate surface area is 197 Å². The summed E-state index contributed by atoms with van der Waals surface area (Å²) in [4.78, 5) is 21.3. The molecular formula is C28H22N4O2. The van der Waals surface area contributed by atoms with Crippen molar-refractivity contribution in [2.24, 2.45) is 0 Å². The molecule has 34 heavy (non-hydrogen) atoms. The number of benzene rings is 3. The molecule has 6 nitrogen and oxygen atoms in total. The Kier molecular flexibility index (Phi) is 5.86. The highest BCUT2D eigenvalue weighted by molar-refractivity contribution is 6.05. The van der Waals surface area contributed by atoms with E-state index in [1.165, 1.54) is 0 Å². The van der Waals surface area contributed by atoms with E-state index in [1.54, 1.807) is 36.8 Å². The van der Waals surface area contributed by atoms with Gasteiger partial charge in [0.15, 0.2) is 0 Å². The largest absolute Gasteiger partial charge is 0.457 e. The summed E-state index contributed by atoms with van der Waals surface area (Å²) in [5, 5.41) is 7.37. The van der Waals surface area contributed by atoms with Gasteiger partial charge < -0.3 is 15.4 Å². The molecule has 0 atom stereocenters. The van der Waals surface area contributed by atoms with E-state index in [9.17, 15) is 4.79 Å². The van der Waals surface area contributed by atoms with Crippen molar-refractivity contribution in [1.29, 1.82) is 0 Å². The highest BCUT2D eigenvalue weighted by atomic mass is 16.5. The zero-order valence-corrected chi connectivity index (χ0v) is 18.5. The number of amides is 1. The van der Waals surface area contributed by atoms with Crippen LogP contribution < -0.4 is 15.4 Å². The van der Waals surface area contributed by atoms with Gasteiger partial charge in [0.25, 0.3) is 5.91 Å². The van der Waals surface area contributed by atoms with E-state index in [0.717, 1.165) is 27.8 Å². The predicted octanol–water partition coefficient (Wildman–Crippen LogP) is 6.73. The molecule has 0 radical (unpaired) electrons. The quantitative estimate of drug-likeness (QED) is 0.303. The predicted molar refractivity (Wildman–Crippen MR) is 135 cm³/mol. The molecule has 0 aliphatic rings. The molecule has 6 heteroatoms. The average Bonchev–Trinajstić information content (AvgIpc) is 2.86. The molecule has 0 spiro atoms. The average molecular weight is 447 g/mol. The Morgan fingerprint density at radius 1 is 0.794 bits per heavy atom. The minimum Gasteiger partial charge on any atom is -0.457 e. The molecule has 0 aliphatic carbocycles. The van der Waals surface area contributed by atoms with Gasteiger partial charge in [-0.15, -0.1) is 0 Å². The van der Waals surface area contributed by atoms with Crippen molar-refractivity contribution < 1.29 is 9.53 Å². The lowest BCUT2D eigenvalue weighted by Crippen LogP contribution is -2.12. The molecule has 0 saturated carbocycles. The number of fused-ring (bicyclic) bond motifs is 1. The smallest absolute Gasteiger partial charge is 0.255 e. The molecule has 166 valence electrons. The maximum Gasteiger partial charge on any atom is 0.255 e. The number of pyridine rings is 2. The van der Waals surface area contributed by atoms with E-state index in [1.807, 2.05) is 55.5 Å². The molecule has 0 aliphatic heterocycles. The molecule has 5 rings (SSSR count). The summed E-state index contributed by atoms with van der Waals surface area (Å²) < 4.78 is 5.77. The normalized spacial score (nSPS) is 10.6. The monoisotopic (exact) mass is 446 g/mol. The van der Waals surface area contributed by atoms with Crippen LogP contribution in [0.15, 0.2) is 104 Å². The first-order valence-corrected chi connectivity index (χ1v) is 10.9. The van der Waals surface area contributed by atoms with E-state index in [4.69, 9.17) is 4.74 Å². The molecule has 2 heterocycles. The number of rotatable bonds is 6. The Morgan fingerprint density at radius 3 is 2.41 bits per heavy atom. The van der Waals surface area contributed by atoms with Gasteiger partial charge in [0.1, 0.15) is 11.5 Å².